The Bertz CT molecular complexity index is 877. The van der Waals surface area contributed by atoms with Crippen LogP contribution >= 0.6 is 23.2 Å². The number of hydrogen-bond acceptors (Lipinski definition) is 3. The minimum absolute atomic E-state index is 0.639. The normalized spacial score (nSPS) is 13.1. The molecule has 0 unspecified atom stereocenters. The Kier molecular flexibility index (Phi) is 8.65. The Labute approximate surface area is 186 Å². The van der Waals surface area contributed by atoms with Crippen molar-refractivity contribution >= 4 is 54.3 Å². The van der Waals surface area contributed by atoms with E-state index in [4.69, 9.17) is 37.6 Å². The van der Waals surface area contributed by atoms with Crippen molar-refractivity contribution in [2.45, 2.75) is 53.3 Å². The third kappa shape index (κ3) is 7.38. The average molecular weight is 449 g/mol. The Morgan fingerprint density at radius 2 is 1.41 bits per heavy atom. The van der Waals surface area contributed by atoms with Gasteiger partial charge in [0, 0.05) is 6.61 Å². The van der Waals surface area contributed by atoms with Crippen LogP contribution in [0.4, 0.5) is 11.4 Å². The lowest BCUT2D eigenvalue weighted by Crippen LogP contribution is -2.26. The quantitative estimate of drug-likeness (QED) is 0.228. The molecule has 0 heterocycles. The van der Waals surface area contributed by atoms with Gasteiger partial charge in [-0.1, -0.05) is 47.5 Å². The number of hydrogen-bond donors (Lipinski definition) is 0. The van der Waals surface area contributed by atoms with E-state index in [-0.39, 0.29) is 0 Å². The molecular formula is C23H30Cl2N2OSi. The fraction of sp³-hybridized carbons (Fsp3) is 0.391. The molecule has 0 aliphatic rings. The fourth-order valence-electron chi connectivity index (χ4n) is 2.83. The lowest BCUT2D eigenvalue weighted by atomic mass is 10.1. The highest BCUT2D eigenvalue weighted by atomic mass is 35.5. The predicted octanol–water partition coefficient (Wildman–Crippen LogP) is 8.11. The van der Waals surface area contributed by atoms with E-state index >= 15 is 0 Å². The van der Waals surface area contributed by atoms with Crippen LogP contribution in [-0.2, 0) is 4.43 Å². The molecule has 0 saturated heterocycles. The van der Waals surface area contributed by atoms with E-state index in [1.807, 2.05) is 57.2 Å². The first kappa shape index (κ1) is 23.8. The third-order valence-electron chi connectivity index (χ3n) is 4.41. The Balaban J connectivity index is 2.38. The van der Waals surface area contributed by atoms with Crippen LogP contribution in [0.2, 0.25) is 29.7 Å². The number of benzene rings is 2. The van der Waals surface area contributed by atoms with Gasteiger partial charge in [0.15, 0.2) is 8.32 Å². The number of halogens is 2. The molecule has 0 amide bonds. The van der Waals surface area contributed by atoms with E-state index in [9.17, 15) is 0 Å². The molecule has 0 aliphatic carbocycles. The maximum Gasteiger partial charge on any atom is 0.183 e. The second-order valence-corrected chi connectivity index (χ2v) is 13.5. The van der Waals surface area contributed by atoms with Crippen LogP contribution < -0.4 is 0 Å². The molecule has 0 atom stereocenters. The highest BCUT2D eigenvalue weighted by molar-refractivity contribution is 6.69. The van der Waals surface area contributed by atoms with Gasteiger partial charge in [-0.3, -0.25) is 4.99 Å². The molecule has 6 heteroatoms. The van der Waals surface area contributed by atoms with Crippen LogP contribution in [0.5, 0.6) is 0 Å². The van der Waals surface area contributed by atoms with Gasteiger partial charge in [-0.15, -0.1) is 0 Å². The summed E-state index contributed by atoms with van der Waals surface area (Å²) in [5, 5.41) is 1.28. The van der Waals surface area contributed by atoms with Crippen LogP contribution in [0.3, 0.4) is 0 Å². The Morgan fingerprint density at radius 3 is 1.90 bits per heavy atom. The van der Waals surface area contributed by atoms with E-state index in [0.29, 0.717) is 16.7 Å². The van der Waals surface area contributed by atoms with Crippen LogP contribution in [0.1, 0.15) is 30.9 Å². The molecule has 0 fully saturated rings. The maximum absolute atomic E-state index is 6.42. The van der Waals surface area contributed by atoms with E-state index in [1.54, 1.807) is 0 Å². The van der Waals surface area contributed by atoms with Gasteiger partial charge < -0.3 is 4.43 Å². The topological polar surface area (TPSA) is 34.0 Å². The monoisotopic (exact) mass is 448 g/mol. The van der Waals surface area contributed by atoms with Crippen molar-refractivity contribution in [2.24, 2.45) is 9.98 Å². The summed E-state index contributed by atoms with van der Waals surface area (Å²) in [6.07, 6.45) is 1.63. The van der Waals surface area contributed by atoms with Gasteiger partial charge in [0.2, 0.25) is 0 Å². The summed E-state index contributed by atoms with van der Waals surface area (Å²) in [5.74, 6) is 0. The van der Waals surface area contributed by atoms with Crippen LogP contribution in [0.25, 0.3) is 0 Å². The zero-order valence-corrected chi connectivity index (χ0v) is 20.7. The largest absolute Gasteiger partial charge is 0.418 e. The summed E-state index contributed by atoms with van der Waals surface area (Å²) in [7, 11) is -1.53. The van der Waals surface area contributed by atoms with Crippen LogP contribution in [0.15, 0.2) is 46.4 Å². The first-order valence-corrected chi connectivity index (χ1v) is 14.0. The second kappa shape index (κ2) is 10.5. The van der Waals surface area contributed by atoms with Crippen LogP contribution in [0, 0.1) is 13.8 Å². The molecule has 0 bridgehead atoms. The molecule has 0 spiro atoms. The van der Waals surface area contributed by atoms with E-state index in [2.05, 4.69) is 19.6 Å². The van der Waals surface area contributed by atoms with E-state index in [0.717, 1.165) is 46.8 Å². The van der Waals surface area contributed by atoms with Crippen molar-refractivity contribution in [3.63, 3.8) is 0 Å². The molecule has 2 rings (SSSR count). The standard InChI is InChI=1S/C23H30Cl2N2OSi/c1-16-10-7-12-19(24)22(16)26-18(3)21(14-9-15-28-29(4,5)6)27-23-17(2)11-8-13-20(23)25/h7-8,10-13H,9,14-15H2,1-6H3. The number of aryl methyl sites for hydroxylation is 2. The van der Waals surface area contributed by atoms with E-state index in [1.165, 1.54) is 0 Å². The second-order valence-electron chi connectivity index (χ2n) is 8.13. The fourth-order valence-corrected chi connectivity index (χ4v) is 4.12. The number of para-hydroxylation sites is 2. The summed E-state index contributed by atoms with van der Waals surface area (Å²) in [5.41, 5.74) is 5.39. The highest BCUT2D eigenvalue weighted by Gasteiger charge is 2.15. The molecule has 156 valence electrons. The molecule has 0 N–H and O–H groups in total. The molecule has 0 aliphatic heterocycles. The lowest BCUT2D eigenvalue weighted by molar-refractivity contribution is 0.307. The zero-order chi connectivity index (χ0) is 21.6. The van der Waals surface area contributed by atoms with Crippen molar-refractivity contribution in [1.29, 1.82) is 0 Å². The minimum atomic E-state index is -1.53. The highest BCUT2D eigenvalue weighted by Crippen LogP contribution is 2.31. The van der Waals surface area contributed by atoms with Crippen molar-refractivity contribution in [3.8, 4) is 0 Å². The van der Waals surface area contributed by atoms with Gasteiger partial charge in [0.25, 0.3) is 0 Å². The zero-order valence-electron chi connectivity index (χ0n) is 18.1. The SMILES string of the molecule is CC(=Nc1c(C)cccc1Cl)C(CCCO[Si](C)(C)C)=Nc1c(C)cccc1Cl. The van der Waals surface area contributed by atoms with Gasteiger partial charge >= 0.3 is 0 Å². The molecule has 2 aromatic rings. The van der Waals surface area contributed by atoms with Crippen molar-refractivity contribution < 1.29 is 4.43 Å². The number of nitrogens with zero attached hydrogens (tertiary/aromatic N) is 2. The molecule has 2 aromatic carbocycles. The predicted molar refractivity (Wildman–Crippen MR) is 131 cm³/mol. The first-order chi connectivity index (χ1) is 13.6. The minimum Gasteiger partial charge on any atom is -0.418 e. The molecule has 3 nitrogen and oxygen atoms in total. The summed E-state index contributed by atoms with van der Waals surface area (Å²) in [6, 6.07) is 11.6. The smallest absolute Gasteiger partial charge is 0.183 e. The maximum atomic E-state index is 6.42. The summed E-state index contributed by atoms with van der Waals surface area (Å²) >= 11 is 12.8. The molecule has 0 aromatic heterocycles. The summed E-state index contributed by atoms with van der Waals surface area (Å²) in [4.78, 5) is 9.73. The summed E-state index contributed by atoms with van der Waals surface area (Å²) in [6.45, 7) is 13.3. The Morgan fingerprint density at radius 1 is 0.897 bits per heavy atom. The number of rotatable bonds is 8. The van der Waals surface area contributed by atoms with E-state index < -0.39 is 8.32 Å². The molecule has 29 heavy (non-hydrogen) atoms. The molecule has 0 radical (unpaired) electrons. The van der Waals surface area contributed by atoms with Gasteiger partial charge in [-0.25, -0.2) is 4.99 Å². The van der Waals surface area contributed by atoms with Crippen molar-refractivity contribution in [2.75, 3.05) is 6.61 Å². The Hall–Kier alpha value is -1.46. The van der Waals surface area contributed by atoms with Gasteiger partial charge in [-0.2, -0.15) is 0 Å². The van der Waals surface area contributed by atoms with Gasteiger partial charge in [0.1, 0.15) is 0 Å². The van der Waals surface area contributed by atoms with Crippen molar-refractivity contribution in [3.05, 3.63) is 57.6 Å². The first-order valence-electron chi connectivity index (χ1n) is 9.86. The van der Waals surface area contributed by atoms with Crippen LogP contribution in [-0.4, -0.2) is 26.3 Å². The van der Waals surface area contributed by atoms with Crippen molar-refractivity contribution in [1.82, 2.24) is 0 Å². The van der Waals surface area contributed by atoms with Gasteiger partial charge in [0.05, 0.1) is 32.8 Å². The summed E-state index contributed by atoms with van der Waals surface area (Å²) < 4.78 is 6.01. The molecular weight excluding hydrogens is 419 g/mol. The lowest BCUT2D eigenvalue weighted by Gasteiger charge is -2.17. The number of aliphatic imine (C=N–C) groups is 2. The third-order valence-corrected chi connectivity index (χ3v) is 6.09. The molecule has 0 saturated carbocycles. The van der Waals surface area contributed by atoms with Gasteiger partial charge in [-0.05, 0) is 76.5 Å². The average Bonchev–Trinajstić information content (AvgIpc) is 2.62.